The highest BCUT2D eigenvalue weighted by Crippen LogP contribution is 2.57. The molecule has 1 fully saturated rings. The summed E-state index contributed by atoms with van der Waals surface area (Å²) in [4.78, 5) is 13.1. The Kier molecular flexibility index (Phi) is 4.33. The molecule has 1 atom stereocenters. The summed E-state index contributed by atoms with van der Waals surface area (Å²) in [6.07, 6.45) is 0. The van der Waals surface area contributed by atoms with Crippen LogP contribution in [0.4, 0.5) is 0 Å². The summed E-state index contributed by atoms with van der Waals surface area (Å²) in [6, 6.07) is 22.2. The van der Waals surface area contributed by atoms with Gasteiger partial charge in [-0.15, -0.1) is 0 Å². The van der Waals surface area contributed by atoms with Gasteiger partial charge in [0.1, 0.15) is 17.2 Å². The predicted octanol–water partition coefficient (Wildman–Crippen LogP) is 5.41. The van der Waals surface area contributed by atoms with Crippen molar-refractivity contribution in [2.75, 3.05) is 0 Å². The van der Waals surface area contributed by atoms with Crippen molar-refractivity contribution in [2.45, 2.75) is 44.5 Å². The monoisotopic (exact) mass is 492 g/mol. The molecule has 0 aliphatic carbocycles. The Morgan fingerprint density at radius 2 is 1.51 bits per heavy atom. The molecule has 7 heteroatoms. The van der Waals surface area contributed by atoms with Gasteiger partial charge in [0.05, 0.1) is 16.8 Å². The van der Waals surface area contributed by atoms with Gasteiger partial charge in [-0.3, -0.25) is 0 Å². The first kappa shape index (κ1) is 22.4. The molecular formula is C30H25BO6. The zero-order valence-corrected chi connectivity index (χ0v) is 21.0. The maximum atomic E-state index is 13.1. The third-order valence-electron chi connectivity index (χ3n) is 8.23. The van der Waals surface area contributed by atoms with E-state index in [1.807, 2.05) is 82.3 Å². The Balaban J connectivity index is 1.48. The van der Waals surface area contributed by atoms with E-state index in [0.717, 1.165) is 32.9 Å². The number of phenols is 1. The molecule has 3 aliphatic heterocycles. The minimum Gasteiger partial charge on any atom is -0.508 e. The fourth-order valence-corrected chi connectivity index (χ4v) is 5.59. The normalized spacial score (nSPS) is 22.4. The molecule has 4 aromatic rings. The van der Waals surface area contributed by atoms with E-state index < -0.39 is 23.9 Å². The number of hydrogen-bond donors (Lipinski definition) is 1. The first-order valence-corrected chi connectivity index (χ1v) is 12.4. The SMILES string of the molecule is CC1(C)OB(c2ccc3c(c2)Oc2c(ccc4cc(O)ccc24)C32OC(=O)c3ccccc32)OC1(C)C. The standard InChI is InChI=1S/C30H25BO6/c1-28(2)29(3,4)37-31(36-28)18-10-14-23-25(16-18)34-26-20-12-11-19(32)15-17(20)9-13-24(26)30(23)22-8-6-5-7-21(22)27(33)35-30/h5-16,32H,1-4H3. The highest BCUT2D eigenvalue weighted by atomic mass is 16.7. The Morgan fingerprint density at radius 3 is 2.30 bits per heavy atom. The molecule has 1 saturated heterocycles. The number of fused-ring (bicyclic) bond motifs is 8. The molecule has 7 rings (SSSR count). The average Bonchev–Trinajstić information content (AvgIpc) is 3.27. The topological polar surface area (TPSA) is 74.2 Å². The average molecular weight is 492 g/mol. The van der Waals surface area contributed by atoms with Gasteiger partial charge >= 0.3 is 13.1 Å². The second-order valence-electron chi connectivity index (χ2n) is 10.9. The van der Waals surface area contributed by atoms with E-state index in [1.165, 1.54) is 0 Å². The van der Waals surface area contributed by atoms with Crippen LogP contribution in [0.1, 0.15) is 54.7 Å². The van der Waals surface area contributed by atoms with Gasteiger partial charge in [0.2, 0.25) is 0 Å². The van der Waals surface area contributed by atoms with Crippen LogP contribution in [0, 0.1) is 0 Å². The molecular weight excluding hydrogens is 467 g/mol. The van der Waals surface area contributed by atoms with Crippen molar-refractivity contribution < 1.29 is 28.7 Å². The van der Waals surface area contributed by atoms with Crippen molar-refractivity contribution >= 4 is 29.3 Å². The number of ether oxygens (including phenoxy) is 2. The van der Waals surface area contributed by atoms with Crippen molar-refractivity contribution in [3.05, 3.63) is 95.1 Å². The minimum absolute atomic E-state index is 0.166. The van der Waals surface area contributed by atoms with E-state index in [4.69, 9.17) is 18.8 Å². The van der Waals surface area contributed by atoms with E-state index in [-0.39, 0.29) is 11.7 Å². The van der Waals surface area contributed by atoms with Crippen LogP contribution < -0.4 is 10.2 Å². The van der Waals surface area contributed by atoms with Crippen LogP contribution in [-0.4, -0.2) is 29.4 Å². The molecule has 0 aromatic heterocycles. The van der Waals surface area contributed by atoms with Gasteiger partial charge in [0.25, 0.3) is 0 Å². The van der Waals surface area contributed by atoms with Crippen LogP contribution in [0.5, 0.6) is 17.2 Å². The summed E-state index contributed by atoms with van der Waals surface area (Å²) >= 11 is 0. The van der Waals surface area contributed by atoms with Crippen LogP contribution in [0.15, 0.2) is 72.8 Å². The molecule has 1 N–H and O–H groups in total. The summed E-state index contributed by atoms with van der Waals surface area (Å²) in [5.74, 6) is 0.930. The second-order valence-corrected chi connectivity index (χ2v) is 10.9. The Morgan fingerprint density at radius 1 is 0.784 bits per heavy atom. The van der Waals surface area contributed by atoms with Crippen molar-refractivity contribution in [3.63, 3.8) is 0 Å². The molecule has 3 heterocycles. The van der Waals surface area contributed by atoms with Crippen molar-refractivity contribution in [1.29, 1.82) is 0 Å². The fraction of sp³-hybridized carbons (Fsp3) is 0.233. The maximum Gasteiger partial charge on any atom is 0.494 e. The number of carbonyl (C=O) groups is 1. The summed E-state index contributed by atoms with van der Waals surface area (Å²) in [5, 5.41) is 11.7. The molecule has 0 radical (unpaired) electrons. The van der Waals surface area contributed by atoms with Crippen LogP contribution in [0.25, 0.3) is 10.8 Å². The maximum absolute atomic E-state index is 13.1. The summed E-state index contributed by atoms with van der Waals surface area (Å²) in [7, 11) is -0.570. The quantitative estimate of drug-likeness (QED) is 0.283. The van der Waals surface area contributed by atoms with Gasteiger partial charge < -0.3 is 23.9 Å². The van der Waals surface area contributed by atoms with E-state index in [1.54, 1.807) is 18.2 Å². The number of hydrogen-bond acceptors (Lipinski definition) is 6. The Labute approximate surface area is 214 Å². The first-order chi connectivity index (χ1) is 17.6. The predicted molar refractivity (Wildman–Crippen MR) is 140 cm³/mol. The van der Waals surface area contributed by atoms with Gasteiger partial charge in [0, 0.05) is 22.1 Å². The van der Waals surface area contributed by atoms with Crippen LogP contribution in [0.3, 0.4) is 0 Å². The van der Waals surface area contributed by atoms with Crippen LogP contribution in [-0.2, 0) is 19.6 Å². The minimum atomic E-state index is -1.17. The molecule has 1 unspecified atom stereocenters. The summed E-state index contributed by atoms with van der Waals surface area (Å²) in [6.45, 7) is 8.07. The molecule has 1 spiro atoms. The Bertz CT molecular complexity index is 1620. The molecule has 6 nitrogen and oxygen atoms in total. The van der Waals surface area contributed by atoms with Crippen LogP contribution in [0.2, 0.25) is 0 Å². The first-order valence-electron chi connectivity index (χ1n) is 12.4. The molecule has 3 aliphatic rings. The largest absolute Gasteiger partial charge is 0.508 e. The highest BCUT2D eigenvalue weighted by Gasteiger charge is 2.55. The molecule has 184 valence electrons. The van der Waals surface area contributed by atoms with Crippen LogP contribution >= 0.6 is 0 Å². The lowest BCUT2D eigenvalue weighted by molar-refractivity contribution is 0.00578. The van der Waals surface area contributed by atoms with Crippen molar-refractivity contribution in [1.82, 2.24) is 0 Å². The van der Waals surface area contributed by atoms with Gasteiger partial charge in [-0.05, 0) is 74.9 Å². The number of esters is 1. The molecule has 0 amide bonds. The summed E-state index contributed by atoms with van der Waals surface area (Å²) in [5.41, 5.74) is 1.44. The fourth-order valence-electron chi connectivity index (χ4n) is 5.59. The van der Waals surface area contributed by atoms with Crippen molar-refractivity contribution in [2.24, 2.45) is 0 Å². The number of phenolic OH excluding ortho intramolecular Hbond substituents is 1. The second kappa shape index (κ2) is 7.15. The van der Waals surface area contributed by atoms with Gasteiger partial charge in [-0.1, -0.05) is 36.4 Å². The molecule has 0 bridgehead atoms. The molecule has 0 saturated carbocycles. The van der Waals surface area contributed by atoms with Gasteiger partial charge in [-0.2, -0.15) is 0 Å². The van der Waals surface area contributed by atoms with E-state index >= 15 is 0 Å². The lowest BCUT2D eigenvalue weighted by Crippen LogP contribution is -2.41. The zero-order chi connectivity index (χ0) is 25.7. The lowest BCUT2D eigenvalue weighted by atomic mass is 9.73. The molecule has 37 heavy (non-hydrogen) atoms. The highest BCUT2D eigenvalue weighted by molar-refractivity contribution is 6.62. The van der Waals surface area contributed by atoms with E-state index in [0.29, 0.717) is 17.1 Å². The number of carbonyl (C=O) groups excluding carboxylic acids is 1. The van der Waals surface area contributed by atoms with Gasteiger partial charge in [-0.25, -0.2) is 4.79 Å². The third kappa shape index (κ3) is 2.92. The van der Waals surface area contributed by atoms with Gasteiger partial charge in [0.15, 0.2) is 5.60 Å². The summed E-state index contributed by atoms with van der Waals surface area (Å²) < 4.78 is 25.5. The number of benzene rings is 4. The van der Waals surface area contributed by atoms with Crippen molar-refractivity contribution in [3.8, 4) is 17.2 Å². The number of aromatic hydroxyl groups is 1. The third-order valence-corrected chi connectivity index (χ3v) is 8.23. The number of rotatable bonds is 1. The van der Waals surface area contributed by atoms with E-state index in [9.17, 15) is 9.90 Å². The zero-order valence-electron chi connectivity index (χ0n) is 21.0. The Hall–Kier alpha value is -3.81. The molecule has 4 aromatic carbocycles. The lowest BCUT2D eigenvalue weighted by Gasteiger charge is -2.37. The van der Waals surface area contributed by atoms with E-state index in [2.05, 4.69) is 0 Å². The smallest absolute Gasteiger partial charge is 0.494 e.